The number of nitrogens with zero attached hydrogens (tertiary/aromatic N) is 3. The number of benzene rings is 1. The van der Waals surface area contributed by atoms with Crippen LogP contribution in [0.2, 0.25) is 18.1 Å². The molecular weight excluding hydrogens is 716 g/mol. The highest BCUT2D eigenvalue weighted by molar-refractivity contribution is 6.74. The van der Waals surface area contributed by atoms with Crippen LogP contribution in [-0.2, 0) is 72.8 Å². The maximum atomic E-state index is 13.4. The Balaban J connectivity index is 2.21. The Labute approximate surface area is 309 Å². The first kappa shape index (κ1) is 43.3. The van der Waals surface area contributed by atoms with Crippen molar-refractivity contribution >= 4 is 38.1 Å². The zero-order chi connectivity index (χ0) is 39.7. The van der Waals surface area contributed by atoms with E-state index in [1.54, 1.807) is 30.3 Å². The van der Waals surface area contributed by atoms with Crippen molar-refractivity contribution in [3.05, 3.63) is 46.3 Å². The third-order valence-electron chi connectivity index (χ3n) is 8.89. The molecule has 0 bridgehead atoms. The van der Waals surface area contributed by atoms with E-state index in [2.05, 4.69) is 10.0 Å². The maximum absolute atomic E-state index is 13.4. The summed E-state index contributed by atoms with van der Waals surface area (Å²) in [7, 11) is -1.60. The summed E-state index contributed by atoms with van der Waals surface area (Å²) in [6.45, 7) is 14.2. The minimum atomic E-state index is -2.70. The van der Waals surface area contributed by atoms with E-state index in [1.165, 1.54) is 13.8 Å². The van der Waals surface area contributed by atoms with Crippen LogP contribution in [0.4, 0.5) is 0 Å². The summed E-state index contributed by atoms with van der Waals surface area (Å²) in [4.78, 5) is 53.5. The Hall–Kier alpha value is -4.10. The van der Waals surface area contributed by atoms with Crippen molar-refractivity contribution in [2.75, 3.05) is 13.7 Å². The molecule has 0 aromatic heterocycles. The fourth-order valence-electron chi connectivity index (χ4n) is 5.47. The van der Waals surface area contributed by atoms with Crippen molar-refractivity contribution in [2.45, 2.75) is 135 Å². The monoisotopic (exact) mass is 766 g/mol. The first-order chi connectivity index (χ1) is 24.8. The number of hydrogen-bond acceptors (Lipinski definition) is 16. The van der Waals surface area contributed by atoms with Crippen molar-refractivity contribution in [2.24, 2.45) is 5.11 Å². The number of nitrogens with one attached hydrogen (secondary N) is 1. The van der Waals surface area contributed by atoms with E-state index in [0.717, 1.165) is 21.0 Å². The van der Waals surface area contributed by atoms with Crippen LogP contribution < -0.4 is 0 Å². The van der Waals surface area contributed by atoms with Crippen LogP contribution in [0, 0.1) is 5.41 Å². The topological polar surface area (TPSA) is 233 Å². The molecule has 0 aliphatic carbocycles. The SMILES string of the molecule is COC(=O)C1O[C@@H](OC(C)=N)C(OC(C)=O)[C@H](OCc2ccccc2)[C@H]1O[C@@H]1OC(COC(C)=O)[C@H](O[Si](C)(C)C(C)(C)C)C(OC(C)=O)[C@H]1N=[N+]=[N-]. The molecule has 0 spiro atoms. The second-order valence-corrected chi connectivity index (χ2v) is 18.8. The Morgan fingerprint density at radius 2 is 1.49 bits per heavy atom. The normalized spacial score (nSPS) is 28.8. The molecule has 0 amide bonds. The van der Waals surface area contributed by atoms with E-state index in [1.807, 2.05) is 33.9 Å². The molecule has 19 heteroatoms. The molecule has 3 rings (SSSR count). The van der Waals surface area contributed by atoms with Crippen molar-refractivity contribution in [1.82, 2.24) is 0 Å². The van der Waals surface area contributed by atoms with E-state index in [-0.39, 0.29) is 17.5 Å². The Kier molecular flexibility index (Phi) is 15.3. The second kappa shape index (κ2) is 18.8. The largest absolute Gasteiger partial charge is 0.467 e. The molecule has 1 aromatic carbocycles. The van der Waals surface area contributed by atoms with E-state index >= 15 is 0 Å². The number of ether oxygens (including phenoxy) is 9. The molecule has 1 N–H and O–H groups in total. The second-order valence-electron chi connectivity index (χ2n) is 14.0. The average Bonchev–Trinajstić information content (AvgIpc) is 3.06. The molecule has 1 aromatic rings. The fourth-order valence-corrected chi connectivity index (χ4v) is 6.79. The van der Waals surface area contributed by atoms with Gasteiger partial charge in [0, 0.05) is 32.6 Å². The number of hydrogen-bond donors (Lipinski definition) is 1. The third kappa shape index (κ3) is 11.7. The molecule has 2 aliphatic rings. The summed E-state index contributed by atoms with van der Waals surface area (Å²) in [6.07, 6.45) is -12.9. The van der Waals surface area contributed by atoms with Gasteiger partial charge in [0.1, 0.15) is 43.2 Å². The van der Waals surface area contributed by atoms with Crippen molar-refractivity contribution in [3.8, 4) is 0 Å². The summed E-state index contributed by atoms with van der Waals surface area (Å²) >= 11 is 0. The molecule has 18 nitrogen and oxygen atoms in total. The van der Waals surface area contributed by atoms with Gasteiger partial charge < -0.3 is 47.1 Å². The molecule has 53 heavy (non-hydrogen) atoms. The summed E-state index contributed by atoms with van der Waals surface area (Å²) < 4.78 is 59.2. The molecule has 0 radical (unpaired) electrons. The van der Waals surface area contributed by atoms with Gasteiger partial charge in [0.05, 0.1) is 13.7 Å². The number of carbonyl (C=O) groups is 4. The van der Waals surface area contributed by atoms with E-state index in [4.69, 9.17) is 52.5 Å². The number of azide groups is 1. The Morgan fingerprint density at radius 1 is 0.868 bits per heavy atom. The molecule has 2 aliphatic heterocycles. The minimum absolute atomic E-state index is 0.0911. The highest BCUT2D eigenvalue weighted by atomic mass is 28.4. The van der Waals surface area contributed by atoms with Gasteiger partial charge in [-0.15, -0.1) is 0 Å². The number of methoxy groups -OCH3 is 1. The van der Waals surface area contributed by atoms with Gasteiger partial charge in [0.15, 0.2) is 32.7 Å². The number of rotatable bonds is 14. The summed E-state index contributed by atoms with van der Waals surface area (Å²) in [5.41, 5.74) is 10.5. The lowest BCUT2D eigenvalue weighted by atomic mass is 9.95. The lowest BCUT2D eigenvalue weighted by Crippen LogP contribution is -2.67. The van der Waals surface area contributed by atoms with E-state index in [9.17, 15) is 24.7 Å². The fraction of sp³-hybridized carbons (Fsp3) is 0.676. The molecule has 4 unspecified atom stereocenters. The summed E-state index contributed by atoms with van der Waals surface area (Å²) in [5.74, 6) is -3.47. The predicted octanol–water partition coefficient (Wildman–Crippen LogP) is 4.09. The molecule has 294 valence electrons. The Morgan fingerprint density at radius 3 is 2.02 bits per heavy atom. The van der Waals surface area contributed by atoms with Crippen LogP contribution in [0.15, 0.2) is 35.4 Å². The standard InChI is InChI=1S/C34H50N4O14Si/c1-18(35)46-33-30(48-21(4)41)27(45-16-22-14-12-11-13-15-22)28(29(51-33)31(42)43-8)50-32-24(37-38-36)26(47-20(3)40)25(23(49-32)17-44-19(2)39)52-53(9,10)34(5,6)7/h11-15,23-30,32-33,35H,16-17H2,1-10H3/t23?,24-,25+,26?,27-,28-,29?,30?,32+,33-/m1/s1. The van der Waals surface area contributed by atoms with Gasteiger partial charge in [-0.05, 0) is 29.2 Å². The molecule has 2 saturated heterocycles. The molecule has 2 heterocycles. The van der Waals surface area contributed by atoms with Crippen molar-refractivity contribution in [1.29, 1.82) is 5.41 Å². The average molecular weight is 767 g/mol. The van der Waals surface area contributed by atoms with Gasteiger partial charge in [-0.3, -0.25) is 19.8 Å². The smallest absolute Gasteiger partial charge is 0.338 e. The summed E-state index contributed by atoms with van der Waals surface area (Å²) in [6, 6.07) is 7.45. The predicted molar refractivity (Wildman–Crippen MR) is 186 cm³/mol. The quantitative estimate of drug-likeness (QED) is 0.0411. The highest BCUT2D eigenvalue weighted by Crippen LogP contribution is 2.41. The Bertz CT molecular complexity index is 1500. The van der Waals surface area contributed by atoms with Gasteiger partial charge in [-0.2, -0.15) is 0 Å². The maximum Gasteiger partial charge on any atom is 0.338 e. The lowest BCUT2D eigenvalue weighted by Gasteiger charge is -2.50. The van der Waals surface area contributed by atoms with E-state index in [0.29, 0.717) is 5.56 Å². The van der Waals surface area contributed by atoms with Gasteiger partial charge in [0.2, 0.25) is 6.29 Å². The first-order valence-corrected chi connectivity index (χ1v) is 19.8. The van der Waals surface area contributed by atoms with Crippen LogP contribution in [0.25, 0.3) is 10.4 Å². The molecule has 0 saturated carbocycles. The third-order valence-corrected chi connectivity index (χ3v) is 13.4. The highest BCUT2D eigenvalue weighted by Gasteiger charge is 2.58. The van der Waals surface area contributed by atoms with Crippen LogP contribution in [-0.4, -0.2) is 113 Å². The zero-order valence-electron chi connectivity index (χ0n) is 31.6. The molecule has 2 fully saturated rings. The van der Waals surface area contributed by atoms with Gasteiger partial charge in [-0.1, -0.05) is 56.2 Å². The molecular formula is C34H50N4O14Si. The van der Waals surface area contributed by atoms with Crippen molar-refractivity contribution < 1.29 is 66.2 Å². The number of carbonyl (C=O) groups excluding carboxylic acids is 4. The van der Waals surface area contributed by atoms with Gasteiger partial charge in [-0.25, -0.2) is 4.79 Å². The summed E-state index contributed by atoms with van der Waals surface area (Å²) in [5, 5.41) is 11.5. The first-order valence-electron chi connectivity index (χ1n) is 16.9. The van der Waals surface area contributed by atoms with Crippen LogP contribution in [0.1, 0.15) is 54.0 Å². The molecule has 10 atom stereocenters. The van der Waals surface area contributed by atoms with Crippen LogP contribution in [0.5, 0.6) is 0 Å². The van der Waals surface area contributed by atoms with Gasteiger partial charge >= 0.3 is 23.9 Å². The zero-order valence-corrected chi connectivity index (χ0v) is 32.6. The van der Waals surface area contributed by atoms with Crippen molar-refractivity contribution in [3.63, 3.8) is 0 Å². The number of esters is 4. The van der Waals surface area contributed by atoms with Gasteiger partial charge in [0.25, 0.3) is 0 Å². The van der Waals surface area contributed by atoms with Crippen LogP contribution in [0.3, 0.4) is 0 Å². The lowest BCUT2D eigenvalue weighted by molar-refractivity contribution is -0.337. The van der Waals surface area contributed by atoms with Crippen LogP contribution >= 0.6 is 0 Å². The van der Waals surface area contributed by atoms with E-state index < -0.39 is 100 Å². The minimum Gasteiger partial charge on any atom is -0.467 e.